The molecule has 0 spiro atoms. The first-order valence-corrected chi connectivity index (χ1v) is 7.14. The highest BCUT2D eigenvalue weighted by atomic mass is 14.9. The molecule has 1 atom stereocenters. The number of benzene rings is 1. The predicted molar refractivity (Wildman–Crippen MR) is 72.2 cm³/mol. The average Bonchev–Trinajstić information content (AvgIpc) is 3.08. The molecule has 0 aliphatic heterocycles. The molecule has 1 heteroatoms. The van der Waals surface area contributed by atoms with Crippen LogP contribution in [0.1, 0.15) is 61.6 Å². The number of rotatable bonds is 5. The topological polar surface area (TPSA) is 12.0 Å². The van der Waals surface area contributed by atoms with Crippen LogP contribution in [-0.2, 0) is 0 Å². The molecule has 0 aromatic heterocycles. The summed E-state index contributed by atoms with van der Waals surface area (Å²) in [6, 6.07) is 9.89. The standard InChI is InChI=1S/C16H23N/c1-17-16(10-12-8-9-12)15-7-3-6-14(11-15)13-4-2-5-13/h3,6-7,11-13,16-17H,2,4-5,8-10H2,1H3. The van der Waals surface area contributed by atoms with Crippen LogP contribution in [0.5, 0.6) is 0 Å². The highest BCUT2D eigenvalue weighted by Crippen LogP contribution is 2.40. The van der Waals surface area contributed by atoms with Crippen molar-refractivity contribution < 1.29 is 0 Å². The summed E-state index contributed by atoms with van der Waals surface area (Å²) in [6.07, 6.45) is 8.44. The monoisotopic (exact) mass is 229 g/mol. The van der Waals surface area contributed by atoms with E-state index in [1.807, 2.05) is 0 Å². The van der Waals surface area contributed by atoms with Gasteiger partial charge in [-0.15, -0.1) is 0 Å². The van der Waals surface area contributed by atoms with Gasteiger partial charge < -0.3 is 5.32 Å². The molecule has 92 valence electrons. The third kappa shape index (κ3) is 2.55. The molecule has 1 aromatic rings. The Morgan fingerprint density at radius 1 is 1.24 bits per heavy atom. The first-order valence-electron chi connectivity index (χ1n) is 7.14. The van der Waals surface area contributed by atoms with Gasteiger partial charge in [0.15, 0.2) is 0 Å². The third-order valence-electron chi connectivity index (χ3n) is 4.50. The lowest BCUT2D eigenvalue weighted by Gasteiger charge is -2.27. The summed E-state index contributed by atoms with van der Waals surface area (Å²) in [5.41, 5.74) is 3.08. The fourth-order valence-electron chi connectivity index (χ4n) is 2.88. The molecular weight excluding hydrogens is 206 g/mol. The molecule has 1 N–H and O–H groups in total. The molecular formula is C16H23N. The van der Waals surface area contributed by atoms with Gasteiger partial charge in [-0.3, -0.25) is 0 Å². The fourth-order valence-corrected chi connectivity index (χ4v) is 2.88. The lowest BCUT2D eigenvalue weighted by molar-refractivity contribution is 0.418. The highest BCUT2D eigenvalue weighted by Gasteiger charge is 2.26. The van der Waals surface area contributed by atoms with Crippen LogP contribution >= 0.6 is 0 Å². The van der Waals surface area contributed by atoms with Crippen LogP contribution in [0, 0.1) is 5.92 Å². The van der Waals surface area contributed by atoms with Crippen LogP contribution in [0.25, 0.3) is 0 Å². The van der Waals surface area contributed by atoms with Gasteiger partial charge in [0.1, 0.15) is 0 Å². The first kappa shape index (κ1) is 11.3. The van der Waals surface area contributed by atoms with Crippen molar-refractivity contribution in [2.24, 2.45) is 5.92 Å². The van der Waals surface area contributed by atoms with Crippen molar-refractivity contribution in [1.29, 1.82) is 0 Å². The van der Waals surface area contributed by atoms with Crippen molar-refractivity contribution in [2.45, 2.75) is 50.5 Å². The molecule has 1 nitrogen and oxygen atoms in total. The maximum atomic E-state index is 3.49. The minimum Gasteiger partial charge on any atom is -0.313 e. The molecule has 0 bridgehead atoms. The summed E-state index contributed by atoms with van der Waals surface area (Å²) < 4.78 is 0. The Kier molecular flexibility index (Phi) is 3.19. The summed E-state index contributed by atoms with van der Waals surface area (Å²) >= 11 is 0. The molecule has 0 amide bonds. The predicted octanol–water partition coefficient (Wildman–Crippen LogP) is 4.01. The van der Waals surface area contributed by atoms with Crippen molar-refractivity contribution in [1.82, 2.24) is 5.32 Å². The van der Waals surface area contributed by atoms with Crippen LogP contribution < -0.4 is 5.32 Å². The van der Waals surface area contributed by atoms with Gasteiger partial charge in [-0.2, -0.15) is 0 Å². The third-order valence-corrected chi connectivity index (χ3v) is 4.50. The van der Waals surface area contributed by atoms with E-state index in [9.17, 15) is 0 Å². The average molecular weight is 229 g/mol. The smallest absolute Gasteiger partial charge is 0.0320 e. The second-order valence-corrected chi connectivity index (χ2v) is 5.82. The van der Waals surface area contributed by atoms with Gasteiger partial charge in [0.25, 0.3) is 0 Å². The van der Waals surface area contributed by atoms with Crippen molar-refractivity contribution >= 4 is 0 Å². The maximum Gasteiger partial charge on any atom is 0.0320 e. The van der Waals surface area contributed by atoms with E-state index in [1.54, 1.807) is 5.56 Å². The summed E-state index contributed by atoms with van der Waals surface area (Å²) in [5, 5.41) is 3.49. The molecule has 2 aliphatic carbocycles. The van der Waals surface area contributed by atoms with Gasteiger partial charge in [0, 0.05) is 6.04 Å². The zero-order valence-electron chi connectivity index (χ0n) is 10.8. The Morgan fingerprint density at radius 3 is 2.65 bits per heavy atom. The van der Waals surface area contributed by atoms with E-state index >= 15 is 0 Å². The minimum atomic E-state index is 0.572. The van der Waals surface area contributed by atoms with Crippen molar-refractivity contribution in [3.8, 4) is 0 Å². The van der Waals surface area contributed by atoms with Gasteiger partial charge in [0.05, 0.1) is 0 Å². The maximum absolute atomic E-state index is 3.49. The Bertz CT molecular complexity index is 377. The van der Waals surface area contributed by atoms with Gasteiger partial charge in [-0.05, 0) is 49.3 Å². The second kappa shape index (κ2) is 4.81. The lowest BCUT2D eigenvalue weighted by atomic mass is 9.79. The van der Waals surface area contributed by atoms with Crippen LogP contribution in [0.4, 0.5) is 0 Å². The van der Waals surface area contributed by atoms with Crippen molar-refractivity contribution in [2.75, 3.05) is 7.05 Å². The highest BCUT2D eigenvalue weighted by molar-refractivity contribution is 5.29. The molecule has 0 heterocycles. The zero-order chi connectivity index (χ0) is 11.7. The van der Waals surface area contributed by atoms with E-state index in [1.165, 1.54) is 44.1 Å². The molecule has 3 rings (SSSR count). The number of hydrogen-bond donors (Lipinski definition) is 1. The Balaban J connectivity index is 1.74. The van der Waals surface area contributed by atoms with E-state index in [-0.39, 0.29) is 0 Å². The Hall–Kier alpha value is -0.820. The zero-order valence-corrected chi connectivity index (χ0v) is 10.8. The van der Waals surface area contributed by atoms with Crippen molar-refractivity contribution in [3.63, 3.8) is 0 Å². The van der Waals surface area contributed by atoms with Crippen LogP contribution in [0.15, 0.2) is 24.3 Å². The van der Waals surface area contributed by atoms with Gasteiger partial charge in [-0.1, -0.05) is 43.5 Å². The molecule has 2 aliphatic rings. The van der Waals surface area contributed by atoms with Gasteiger partial charge in [-0.25, -0.2) is 0 Å². The number of hydrogen-bond acceptors (Lipinski definition) is 1. The van der Waals surface area contributed by atoms with E-state index < -0.39 is 0 Å². The van der Waals surface area contributed by atoms with Crippen molar-refractivity contribution in [3.05, 3.63) is 35.4 Å². The molecule has 0 radical (unpaired) electrons. The lowest BCUT2D eigenvalue weighted by Crippen LogP contribution is -2.18. The van der Waals surface area contributed by atoms with E-state index in [0.717, 1.165) is 11.8 Å². The molecule has 2 saturated carbocycles. The fraction of sp³-hybridized carbons (Fsp3) is 0.625. The summed E-state index contributed by atoms with van der Waals surface area (Å²) in [5.74, 6) is 1.84. The van der Waals surface area contributed by atoms with Crippen LogP contribution in [0.3, 0.4) is 0 Å². The van der Waals surface area contributed by atoms with Crippen LogP contribution in [-0.4, -0.2) is 7.05 Å². The molecule has 1 unspecified atom stereocenters. The van der Waals surface area contributed by atoms with Gasteiger partial charge >= 0.3 is 0 Å². The van der Waals surface area contributed by atoms with E-state index in [0.29, 0.717) is 6.04 Å². The minimum absolute atomic E-state index is 0.572. The normalized spacial score (nSPS) is 22.2. The molecule has 17 heavy (non-hydrogen) atoms. The number of nitrogens with one attached hydrogen (secondary N) is 1. The summed E-state index contributed by atoms with van der Waals surface area (Å²) in [6.45, 7) is 0. The molecule has 1 aromatic carbocycles. The second-order valence-electron chi connectivity index (χ2n) is 5.82. The largest absolute Gasteiger partial charge is 0.313 e. The van der Waals surface area contributed by atoms with Gasteiger partial charge in [0.2, 0.25) is 0 Å². The summed E-state index contributed by atoms with van der Waals surface area (Å²) in [7, 11) is 2.10. The Labute approximate surface area is 105 Å². The van der Waals surface area contributed by atoms with E-state index in [2.05, 4.69) is 36.6 Å². The Morgan fingerprint density at radius 2 is 2.06 bits per heavy atom. The van der Waals surface area contributed by atoms with Crippen LogP contribution in [0.2, 0.25) is 0 Å². The SMILES string of the molecule is CNC(CC1CC1)c1cccc(C2CCC2)c1. The van der Waals surface area contributed by atoms with E-state index in [4.69, 9.17) is 0 Å². The first-order chi connectivity index (χ1) is 8.36. The summed E-state index contributed by atoms with van der Waals surface area (Å²) in [4.78, 5) is 0. The molecule has 2 fully saturated rings. The quantitative estimate of drug-likeness (QED) is 0.804. The molecule has 0 saturated heterocycles.